The maximum Gasteiger partial charge on any atom is 0.321 e. The van der Waals surface area contributed by atoms with Crippen molar-refractivity contribution < 1.29 is 9.53 Å². The normalized spacial score (nSPS) is 17.5. The molecular weight excluding hydrogens is 344 g/mol. The lowest BCUT2D eigenvalue weighted by Crippen LogP contribution is -2.36. The summed E-state index contributed by atoms with van der Waals surface area (Å²) in [6.45, 7) is 6.20. The summed E-state index contributed by atoms with van der Waals surface area (Å²) in [7, 11) is 0. The fraction of sp³-hybridized carbons (Fsp3) is 0.381. The maximum absolute atomic E-state index is 12.7. The van der Waals surface area contributed by atoms with Gasteiger partial charge in [0.25, 0.3) is 0 Å². The summed E-state index contributed by atoms with van der Waals surface area (Å²) in [6, 6.07) is 16.1. The number of hydrogen-bond donors (Lipinski definition) is 1. The van der Waals surface area contributed by atoms with E-state index < -0.39 is 0 Å². The quantitative estimate of drug-likeness (QED) is 0.813. The van der Waals surface area contributed by atoms with E-state index in [0.717, 1.165) is 31.0 Å². The zero-order chi connectivity index (χ0) is 18.4. The van der Waals surface area contributed by atoms with Crippen LogP contribution >= 0.6 is 11.8 Å². The Morgan fingerprint density at radius 2 is 1.96 bits per heavy atom. The fourth-order valence-corrected chi connectivity index (χ4v) is 4.54. The van der Waals surface area contributed by atoms with E-state index in [1.54, 1.807) is 0 Å². The molecule has 2 amide bonds. The third-order valence-electron chi connectivity index (χ3n) is 4.59. The Morgan fingerprint density at radius 3 is 2.77 bits per heavy atom. The lowest BCUT2D eigenvalue weighted by Gasteiger charge is -2.22. The first-order chi connectivity index (χ1) is 12.7. The first-order valence-electron chi connectivity index (χ1n) is 9.14. The molecule has 0 aliphatic carbocycles. The molecule has 4 nitrogen and oxygen atoms in total. The van der Waals surface area contributed by atoms with Crippen LogP contribution in [-0.4, -0.2) is 36.4 Å². The van der Waals surface area contributed by atoms with Gasteiger partial charge in [-0.15, -0.1) is 0 Å². The topological polar surface area (TPSA) is 41.6 Å². The van der Waals surface area contributed by atoms with Crippen LogP contribution in [0.3, 0.4) is 0 Å². The van der Waals surface area contributed by atoms with E-state index in [2.05, 4.69) is 36.5 Å². The number of anilines is 1. The van der Waals surface area contributed by atoms with Crippen molar-refractivity contribution in [2.45, 2.75) is 25.5 Å². The molecule has 0 aromatic heterocycles. The number of ether oxygens (including phenoxy) is 1. The smallest absolute Gasteiger partial charge is 0.321 e. The molecular formula is C21H26N2O2S. The number of carbonyl (C=O) groups is 1. The largest absolute Gasteiger partial charge is 0.492 e. The first-order valence-corrected chi connectivity index (χ1v) is 10.2. The molecule has 1 aliphatic heterocycles. The standard InChI is InChI=1S/C21H26N2O2S/c1-3-25-19-11-7-6-10-18(19)22-21(24)23-13-12-20(26-15-14-23)17-9-5-4-8-16(17)2/h4-11,20H,3,12-15H2,1-2H3,(H,22,24). The van der Waals surface area contributed by atoms with Crippen LogP contribution in [-0.2, 0) is 0 Å². The summed E-state index contributed by atoms with van der Waals surface area (Å²) >= 11 is 1.94. The van der Waals surface area contributed by atoms with Gasteiger partial charge in [0.2, 0.25) is 0 Å². The highest BCUT2D eigenvalue weighted by atomic mass is 32.2. The van der Waals surface area contributed by atoms with Crippen LogP contribution < -0.4 is 10.1 Å². The lowest BCUT2D eigenvalue weighted by molar-refractivity contribution is 0.215. The van der Waals surface area contributed by atoms with Crippen molar-refractivity contribution in [2.75, 3.05) is 30.8 Å². The van der Waals surface area contributed by atoms with Gasteiger partial charge >= 0.3 is 6.03 Å². The molecule has 1 unspecified atom stereocenters. The Balaban J connectivity index is 1.64. The molecule has 1 atom stereocenters. The van der Waals surface area contributed by atoms with Gasteiger partial charge in [-0.1, -0.05) is 36.4 Å². The molecule has 1 fully saturated rings. The molecule has 0 saturated carbocycles. The number of urea groups is 1. The van der Waals surface area contributed by atoms with Crippen LogP contribution in [0.15, 0.2) is 48.5 Å². The molecule has 1 heterocycles. The second-order valence-electron chi connectivity index (χ2n) is 6.35. The second kappa shape index (κ2) is 8.99. The van der Waals surface area contributed by atoms with E-state index in [0.29, 0.717) is 17.6 Å². The van der Waals surface area contributed by atoms with E-state index in [-0.39, 0.29) is 6.03 Å². The highest BCUT2D eigenvalue weighted by Gasteiger charge is 2.23. The van der Waals surface area contributed by atoms with E-state index in [4.69, 9.17) is 4.74 Å². The predicted octanol–water partition coefficient (Wildman–Crippen LogP) is 5.11. The van der Waals surface area contributed by atoms with Gasteiger partial charge in [-0.05, 0) is 43.5 Å². The number of benzene rings is 2. The van der Waals surface area contributed by atoms with Crippen LogP contribution in [0.2, 0.25) is 0 Å². The number of nitrogens with zero attached hydrogens (tertiary/aromatic N) is 1. The van der Waals surface area contributed by atoms with Gasteiger partial charge in [0, 0.05) is 24.1 Å². The summed E-state index contributed by atoms with van der Waals surface area (Å²) in [5.74, 6) is 1.66. The summed E-state index contributed by atoms with van der Waals surface area (Å²) < 4.78 is 5.60. The molecule has 1 saturated heterocycles. The average Bonchev–Trinajstić information content (AvgIpc) is 2.90. The van der Waals surface area contributed by atoms with Crippen LogP contribution in [0, 0.1) is 6.92 Å². The zero-order valence-electron chi connectivity index (χ0n) is 15.4. The Bertz CT molecular complexity index is 750. The number of thioether (sulfide) groups is 1. The molecule has 1 aliphatic rings. The number of carbonyl (C=O) groups excluding carboxylic acids is 1. The predicted molar refractivity (Wildman–Crippen MR) is 109 cm³/mol. The van der Waals surface area contributed by atoms with Crippen molar-refractivity contribution in [3.05, 3.63) is 59.7 Å². The van der Waals surface area contributed by atoms with E-state index >= 15 is 0 Å². The van der Waals surface area contributed by atoms with E-state index in [1.165, 1.54) is 11.1 Å². The Morgan fingerprint density at radius 1 is 1.19 bits per heavy atom. The highest BCUT2D eigenvalue weighted by molar-refractivity contribution is 7.99. The minimum absolute atomic E-state index is 0.0526. The molecule has 5 heteroatoms. The van der Waals surface area contributed by atoms with Gasteiger partial charge in [0.05, 0.1) is 12.3 Å². The van der Waals surface area contributed by atoms with Crippen molar-refractivity contribution >= 4 is 23.5 Å². The van der Waals surface area contributed by atoms with E-state index in [9.17, 15) is 4.79 Å². The lowest BCUT2D eigenvalue weighted by atomic mass is 10.0. The summed E-state index contributed by atoms with van der Waals surface area (Å²) in [5.41, 5.74) is 3.45. The van der Waals surface area contributed by atoms with Crippen LogP contribution in [0.4, 0.5) is 10.5 Å². The molecule has 2 aromatic carbocycles. The first kappa shape index (κ1) is 18.6. The Kier molecular flexibility index (Phi) is 6.45. The molecule has 0 spiro atoms. The van der Waals surface area contributed by atoms with Gasteiger partial charge < -0.3 is 15.0 Å². The van der Waals surface area contributed by atoms with Crippen molar-refractivity contribution in [3.63, 3.8) is 0 Å². The molecule has 138 valence electrons. The Labute approximate surface area is 159 Å². The molecule has 26 heavy (non-hydrogen) atoms. The number of hydrogen-bond acceptors (Lipinski definition) is 3. The van der Waals surface area contributed by atoms with E-state index in [1.807, 2.05) is 47.9 Å². The summed E-state index contributed by atoms with van der Waals surface area (Å²) in [6.07, 6.45) is 0.968. The van der Waals surface area contributed by atoms with Gasteiger partial charge in [-0.2, -0.15) is 11.8 Å². The van der Waals surface area contributed by atoms with Crippen LogP contribution in [0.5, 0.6) is 5.75 Å². The SMILES string of the molecule is CCOc1ccccc1NC(=O)N1CCSC(c2ccccc2C)CC1. The number of rotatable bonds is 4. The third kappa shape index (κ3) is 4.52. The average molecular weight is 371 g/mol. The van der Waals surface area contributed by atoms with Crippen molar-refractivity contribution in [3.8, 4) is 5.75 Å². The van der Waals surface area contributed by atoms with Gasteiger partial charge in [-0.3, -0.25) is 0 Å². The van der Waals surface area contributed by atoms with Gasteiger partial charge in [0.1, 0.15) is 5.75 Å². The summed E-state index contributed by atoms with van der Waals surface area (Å²) in [4.78, 5) is 14.6. The van der Waals surface area contributed by atoms with Crippen LogP contribution in [0.1, 0.15) is 29.7 Å². The van der Waals surface area contributed by atoms with Gasteiger partial charge in [0.15, 0.2) is 0 Å². The van der Waals surface area contributed by atoms with Gasteiger partial charge in [-0.25, -0.2) is 4.79 Å². The number of aryl methyl sites for hydroxylation is 1. The summed E-state index contributed by atoms with van der Waals surface area (Å²) in [5, 5.41) is 3.46. The third-order valence-corrected chi connectivity index (χ3v) is 5.90. The second-order valence-corrected chi connectivity index (χ2v) is 7.66. The number of nitrogens with one attached hydrogen (secondary N) is 1. The van der Waals surface area contributed by atoms with Crippen LogP contribution in [0.25, 0.3) is 0 Å². The minimum Gasteiger partial charge on any atom is -0.492 e. The monoisotopic (exact) mass is 370 g/mol. The van der Waals surface area contributed by atoms with Crippen molar-refractivity contribution in [1.82, 2.24) is 4.90 Å². The minimum atomic E-state index is -0.0526. The molecule has 0 bridgehead atoms. The number of amides is 2. The number of para-hydroxylation sites is 2. The molecule has 0 radical (unpaired) electrons. The van der Waals surface area contributed by atoms with Crippen molar-refractivity contribution in [2.24, 2.45) is 0 Å². The molecule has 2 aromatic rings. The van der Waals surface area contributed by atoms with Crippen molar-refractivity contribution in [1.29, 1.82) is 0 Å². The zero-order valence-corrected chi connectivity index (χ0v) is 16.2. The fourth-order valence-electron chi connectivity index (χ4n) is 3.22. The Hall–Kier alpha value is -2.14. The maximum atomic E-state index is 12.7. The molecule has 1 N–H and O–H groups in total. The highest BCUT2D eigenvalue weighted by Crippen LogP contribution is 2.36. The molecule has 3 rings (SSSR count).